The zero-order valence-electron chi connectivity index (χ0n) is 13.8. The summed E-state index contributed by atoms with van der Waals surface area (Å²) in [4.78, 5) is 25.9. The number of methoxy groups -OCH3 is 1. The van der Waals surface area contributed by atoms with Crippen LogP contribution in [0.25, 0.3) is 0 Å². The second kappa shape index (κ2) is 6.89. The van der Waals surface area contributed by atoms with Crippen molar-refractivity contribution in [1.82, 2.24) is 4.90 Å². The molecule has 1 amide bonds. The number of hydrogen-bond donors (Lipinski definition) is 0. The molecule has 0 spiro atoms. The molecular weight excluding hydrogens is 282 g/mol. The average molecular weight is 307 g/mol. The fraction of sp³-hybridized carbons (Fsp3) is 0.500. The third kappa shape index (κ3) is 4.70. The molecule has 0 saturated carbocycles. The largest absolute Gasteiger partial charge is 0.497 e. The molecule has 116 valence electrons. The number of aldehydes is 1. The van der Waals surface area contributed by atoms with Crippen LogP contribution in [0.2, 0.25) is 19.6 Å². The molecule has 5 heteroatoms. The summed E-state index contributed by atoms with van der Waals surface area (Å²) in [7, 11) is 0.107. The minimum atomic E-state index is -1.43. The van der Waals surface area contributed by atoms with Crippen molar-refractivity contribution in [3.05, 3.63) is 29.3 Å². The Hall–Kier alpha value is -1.62. The molecule has 1 aromatic carbocycles. The lowest BCUT2D eigenvalue weighted by Crippen LogP contribution is -2.47. The van der Waals surface area contributed by atoms with E-state index < -0.39 is 8.07 Å². The first kappa shape index (κ1) is 17.4. The number of ether oxygens (including phenoxy) is 1. The number of carbonyl (C=O) groups excluding carboxylic acids is 2. The standard InChI is InChI=1S/C16H25NO3Si/c1-12(2)17(11-21(4,5)6)16(19)15-8-7-14(20-3)9-13(15)10-18/h7-10,12H,11H2,1-6H3. The van der Waals surface area contributed by atoms with Crippen LogP contribution < -0.4 is 4.74 Å². The summed E-state index contributed by atoms with van der Waals surface area (Å²) < 4.78 is 5.10. The second-order valence-electron chi connectivity index (χ2n) is 6.66. The van der Waals surface area contributed by atoms with Crippen molar-refractivity contribution >= 4 is 20.3 Å². The van der Waals surface area contributed by atoms with Gasteiger partial charge in [-0.25, -0.2) is 0 Å². The van der Waals surface area contributed by atoms with E-state index in [1.165, 1.54) is 7.11 Å². The summed E-state index contributed by atoms with van der Waals surface area (Å²) in [5.74, 6) is 0.493. The smallest absolute Gasteiger partial charge is 0.254 e. The van der Waals surface area contributed by atoms with E-state index in [0.717, 1.165) is 6.17 Å². The Morgan fingerprint density at radius 1 is 1.33 bits per heavy atom. The van der Waals surface area contributed by atoms with Crippen LogP contribution in [-0.2, 0) is 0 Å². The molecule has 21 heavy (non-hydrogen) atoms. The van der Waals surface area contributed by atoms with E-state index >= 15 is 0 Å². The van der Waals surface area contributed by atoms with Gasteiger partial charge in [-0.1, -0.05) is 19.6 Å². The van der Waals surface area contributed by atoms with E-state index in [0.29, 0.717) is 23.2 Å². The highest BCUT2D eigenvalue weighted by atomic mass is 28.3. The maximum absolute atomic E-state index is 12.8. The molecule has 0 saturated heterocycles. The highest BCUT2D eigenvalue weighted by molar-refractivity contribution is 6.76. The van der Waals surface area contributed by atoms with Crippen LogP contribution in [0, 0.1) is 0 Å². The van der Waals surface area contributed by atoms with Gasteiger partial charge in [-0.2, -0.15) is 0 Å². The molecule has 0 radical (unpaired) electrons. The zero-order valence-corrected chi connectivity index (χ0v) is 14.8. The summed E-state index contributed by atoms with van der Waals surface area (Å²) in [5, 5.41) is 0. The molecule has 4 nitrogen and oxygen atoms in total. The van der Waals surface area contributed by atoms with Crippen molar-refractivity contribution in [1.29, 1.82) is 0 Å². The van der Waals surface area contributed by atoms with Crippen molar-refractivity contribution in [2.75, 3.05) is 13.3 Å². The average Bonchev–Trinajstić information content (AvgIpc) is 2.42. The van der Waals surface area contributed by atoms with Crippen LogP contribution in [0.4, 0.5) is 0 Å². The molecular formula is C16H25NO3Si. The van der Waals surface area contributed by atoms with Crippen LogP contribution in [0.3, 0.4) is 0 Å². The van der Waals surface area contributed by atoms with Gasteiger partial charge in [0.2, 0.25) is 0 Å². The van der Waals surface area contributed by atoms with Crippen molar-refractivity contribution in [2.24, 2.45) is 0 Å². The normalized spacial score (nSPS) is 11.4. The van der Waals surface area contributed by atoms with Crippen molar-refractivity contribution in [2.45, 2.75) is 39.5 Å². The number of benzene rings is 1. The molecule has 0 aliphatic carbocycles. The van der Waals surface area contributed by atoms with Crippen LogP contribution >= 0.6 is 0 Å². The third-order valence-electron chi connectivity index (χ3n) is 3.15. The second-order valence-corrected chi connectivity index (χ2v) is 12.1. The van der Waals surface area contributed by atoms with Gasteiger partial charge in [-0.3, -0.25) is 9.59 Å². The van der Waals surface area contributed by atoms with Crippen LogP contribution in [0.15, 0.2) is 18.2 Å². The minimum Gasteiger partial charge on any atom is -0.497 e. The molecule has 0 unspecified atom stereocenters. The molecule has 0 aliphatic rings. The van der Waals surface area contributed by atoms with Crippen LogP contribution in [-0.4, -0.2) is 44.5 Å². The molecule has 0 atom stereocenters. The van der Waals surface area contributed by atoms with E-state index in [-0.39, 0.29) is 11.9 Å². The minimum absolute atomic E-state index is 0.0859. The van der Waals surface area contributed by atoms with E-state index in [9.17, 15) is 9.59 Å². The fourth-order valence-electron chi connectivity index (χ4n) is 2.11. The maximum atomic E-state index is 12.8. The topological polar surface area (TPSA) is 46.6 Å². The summed E-state index contributed by atoms with van der Waals surface area (Å²) in [6.07, 6.45) is 1.48. The number of hydrogen-bond acceptors (Lipinski definition) is 3. The van der Waals surface area contributed by atoms with Gasteiger partial charge in [0.15, 0.2) is 6.29 Å². The van der Waals surface area contributed by atoms with Gasteiger partial charge in [-0.05, 0) is 32.0 Å². The SMILES string of the molecule is COc1ccc(C(=O)N(C[Si](C)(C)C)C(C)C)c(C=O)c1. The molecule has 0 N–H and O–H groups in total. The lowest BCUT2D eigenvalue weighted by Gasteiger charge is -2.32. The molecule has 0 heterocycles. The van der Waals surface area contributed by atoms with Gasteiger partial charge >= 0.3 is 0 Å². The number of rotatable bonds is 6. The molecule has 1 rings (SSSR count). The maximum Gasteiger partial charge on any atom is 0.254 e. The Morgan fingerprint density at radius 3 is 2.38 bits per heavy atom. The number of amides is 1. The van der Waals surface area contributed by atoms with Crippen LogP contribution in [0.5, 0.6) is 5.75 Å². The first-order chi connectivity index (χ1) is 9.69. The van der Waals surface area contributed by atoms with Crippen LogP contribution in [0.1, 0.15) is 34.6 Å². The summed E-state index contributed by atoms with van der Waals surface area (Å²) in [5.41, 5.74) is 0.818. The van der Waals surface area contributed by atoms with E-state index in [1.807, 2.05) is 18.7 Å². The van der Waals surface area contributed by atoms with E-state index in [2.05, 4.69) is 19.6 Å². The van der Waals surface area contributed by atoms with Crippen molar-refractivity contribution in [3.63, 3.8) is 0 Å². The molecule has 0 aromatic heterocycles. The predicted octanol–water partition coefficient (Wildman–Crippen LogP) is 3.24. The van der Waals surface area contributed by atoms with Gasteiger partial charge in [-0.15, -0.1) is 0 Å². The Kier molecular flexibility index (Phi) is 5.72. The van der Waals surface area contributed by atoms with Crippen molar-refractivity contribution < 1.29 is 14.3 Å². The number of nitrogens with zero attached hydrogens (tertiary/aromatic N) is 1. The van der Waals surface area contributed by atoms with Gasteiger partial charge in [0, 0.05) is 17.8 Å². The Morgan fingerprint density at radius 2 is 1.95 bits per heavy atom. The van der Waals surface area contributed by atoms with Gasteiger partial charge in [0.1, 0.15) is 5.75 Å². The molecule has 0 aliphatic heterocycles. The summed E-state index contributed by atoms with van der Waals surface area (Å²) in [6, 6.07) is 5.09. The lowest BCUT2D eigenvalue weighted by atomic mass is 10.1. The van der Waals surface area contributed by atoms with Gasteiger partial charge < -0.3 is 9.64 Å². The lowest BCUT2D eigenvalue weighted by molar-refractivity contribution is 0.0733. The Bertz CT molecular complexity index is 521. The third-order valence-corrected chi connectivity index (χ3v) is 4.43. The highest BCUT2D eigenvalue weighted by Gasteiger charge is 2.26. The van der Waals surface area contributed by atoms with Crippen molar-refractivity contribution in [3.8, 4) is 5.75 Å². The molecule has 0 bridgehead atoms. The zero-order chi connectivity index (χ0) is 16.2. The quantitative estimate of drug-likeness (QED) is 0.599. The first-order valence-corrected chi connectivity index (χ1v) is 10.8. The molecule has 1 aromatic rings. The van der Waals surface area contributed by atoms with Gasteiger partial charge in [0.25, 0.3) is 5.91 Å². The number of carbonyl (C=O) groups is 2. The van der Waals surface area contributed by atoms with E-state index in [4.69, 9.17) is 4.74 Å². The Balaban J connectivity index is 3.18. The fourth-order valence-corrected chi connectivity index (χ4v) is 3.65. The Labute approximate surface area is 128 Å². The predicted molar refractivity (Wildman–Crippen MR) is 87.9 cm³/mol. The van der Waals surface area contributed by atoms with Gasteiger partial charge in [0.05, 0.1) is 20.7 Å². The van der Waals surface area contributed by atoms with E-state index in [1.54, 1.807) is 18.2 Å². The monoisotopic (exact) mass is 307 g/mol. The highest BCUT2D eigenvalue weighted by Crippen LogP contribution is 2.20. The summed E-state index contributed by atoms with van der Waals surface area (Å²) >= 11 is 0. The molecule has 0 fully saturated rings. The first-order valence-electron chi connectivity index (χ1n) is 7.14. The summed E-state index contributed by atoms with van der Waals surface area (Å²) in [6.45, 7) is 10.7.